The van der Waals surface area contributed by atoms with Crippen molar-refractivity contribution >= 4 is 41.8 Å². The summed E-state index contributed by atoms with van der Waals surface area (Å²) in [5.74, 6) is 0.452. The van der Waals surface area contributed by atoms with Crippen molar-refractivity contribution in [1.82, 2.24) is 14.9 Å². The zero-order chi connectivity index (χ0) is 19.6. The SMILES string of the molecule is CC(NC(=O)C(C)C(N)c1ccccc1)c1nc2ccccc2n1C(C)C.Cl.Cl. The lowest BCUT2D eigenvalue weighted by Gasteiger charge is -2.23. The second-order valence-corrected chi connectivity index (χ2v) is 7.38. The van der Waals surface area contributed by atoms with Gasteiger partial charge in [0, 0.05) is 12.1 Å². The maximum absolute atomic E-state index is 12.8. The average Bonchev–Trinajstić information content (AvgIpc) is 3.07. The Labute approximate surface area is 184 Å². The maximum Gasteiger partial charge on any atom is 0.225 e. The minimum Gasteiger partial charge on any atom is -0.346 e. The van der Waals surface area contributed by atoms with E-state index in [1.165, 1.54) is 0 Å². The zero-order valence-corrected chi connectivity index (χ0v) is 18.8. The van der Waals surface area contributed by atoms with Gasteiger partial charge in [-0.05, 0) is 38.5 Å². The van der Waals surface area contributed by atoms with E-state index in [0.717, 1.165) is 22.4 Å². The number of rotatable bonds is 6. The minimum absolute atomic E-state index is 0. The normalized spacial score (nSPS) is 13.9. The Hall–Kier alpha value is -2.08. The van der Waals surface area contributed by atoms with Crippen LogP contribution in [-0.4, -0.2) is 15.5 Å². The van der Waals surface area contributed by atoms with Crippen LogP contribution in [0.1, 0.15) is 57.2 Å². The molecular formula is C22H30Cl2N4O. The average molecular weight is 437 g/mol. The fourth-order valence-electron chi connectivity index (χ4n) is 3.45. The van der Waals surface area contributed by atoms with Crippen molar-refractivity contribution in [1.29, 1.82) is 0 Å². The Balaban J connectivity index is 0.00000210. The molecule has 1 aromatic heterocycles. The van der Waals surface area contributed by atoms with E-state index in [-0.39, 0.29) is 54.8 Å². The van der Waals surface area contributed by atoms with Gasteiger partial charge in [-0.3, -0.25) is 4.79 Å². The van der Waals surface area contributed by atoms with Crippen molar-refractivity contribution in [3.05, 3.63) is 66.0 Å². The van der Waals surface area contributed by atoms with Crippen molar-refractivity contribution in [2.75, 3.05) is 0 Å². The van der Waals surface area contributed by atoms with Gasteiger partial charge in [0.1, 0.15) is 5.82 Å². The number of benzene rings is 2. The van der Waals surface area contributed by atoms with Gasteiger partial charge in [0.2, 0.25) is 5.91 Å². The molecule has 1 amide bonds. The molecule has 0 aliphatic heterocycles. The molecule has 7 heteroatoms. The Bertz CT molecular complexity index is 927. The number of nitrogens with two attached hydrogens (primary N) is 1. The molecule has 3 rings (SSSR count). The van der Waals surface area contributed by atoms with E-state index in [1.807, 2.05) is 62.4 Å². The summed E-state index contributed by atoms with van der Waals surface area (Å²) in [5.41, 5.74) is 9.29. The molecule has 0 fully saturated rings. The van der Waals surface area contributed by atoms with Crippen molar-refractivity contribution in [3.8, 4) is 0 Å². The van der Waals surface area contributed by atoms with Gasteiger partial charge in [-0.15, -0.1) is 24.8 Å². The van der Waals surface area contributed by atoms with Gasteiger partial charge < -0.3 is 15.6 Å². The summed E-state index contributed by atoms with van der Waals surface area (Å²) < 4.78 is 2.18. The third-order valence-electron chi connectivity index (χ3n) is 5.02. The third kappa shape index (κ3) is 5.30. The number of aromatic nitrogens is 2. The number of fused-ring (bicyclic) bond motifs is 1. The number of hydrogen-bond donors (Lipinski definition) is 2. The highest BCUT2D eigenvalue weighted by atomic mass is 35.5. The smallest absolute Gasteiger partial charge is 0.225 e. The first-order valence-electron chi connectivity index (χ1n) is 9.48. The summed E-state index contributed by atoms with van der Waals surface area (Å²) in [6.45, 7) is 8.09. The van der Waals surface area contributed by atoms with Crippen LogP contribution in [0.5, 0.6) is 0 Å². The monoisotopic (exact) mass is 436 g/mol. The molecule has 158 valence electrons. The van der Waals surface area contributed by atoms with Gasteiger partial charge in [0.05, 0.1) is 23.0 Å². The maximum atomic E-state index is 12.8. The van der Waals surface area contributed by atoms with Crippen LogP contribution in [0, 0.1) is 5.92 Å². The standard InChI is InChI=1S/C22H28N4O.2ClH/c1-14(2)26-19-13-9-8-12-18(19)25-21(26)16(4)24-22(27)15(3)20(23)17-10-6-5-7-11-17;;/h5-16,20H,23H2,1-4H3,(H,24,27);2*1H. The van der Waals surface area contributed by atoms with Gasteiger partial charge in [-0.2, -0.15) is 0 Å². The number of hydrogen-bond acceptors (Lipinski definition) is 3. The Morgan fingerprint density at radius 2 is 1.55 bits per heavy atom. The number of halogens is 2. The molecule has 0 radical (unpaired) electrons. The second kappa shape index (κ2) is 10.6. The zero-order valence-electron chi connectivity index (χ0n) is 17.2. The molecule has 0 saturated carbocycles. The van der Waals surface area contributed by atoms with Crippen LogP contribution >= 0.6 is 24.8 Å². The second-order valence-electron chi connectivity index (χ2n) is 7.38. The Morgan fingerprint density at radius 3 is 2.17 bits per heavy atom. The number of imidazole rings is 1. The summed E-state index contributed by atoms with van der Waals surface area (Å²) in [7, 11) is 0. The van der Waals surface area contributed by atoms with Crippen LogP contribution in [0.3, 0.4) is 0 Å². The van der Waals surface area contributed by atoms with E-state index in [1.54, 1.807) is 0 Å². The van der Waals surface area contributed by atoms with Crippen LogP contribution in [0.4, 0.5) is 0 Å². The fourth-order valence-corrected chi connectivity index (χ4v) is 3.45. The molecule has 3 atom stereocenters. The molecule has 0 spiro atoms. The largest absolute Gasteiger partial charge is 0.346 e. The van der Waals surface area contributed by atoms with Crippen LogP contribution in [0.15, 0.2) is 54.6 Å². The first-order valence-corrected chi connectivity index (χ1v) is 9.48. The molecule has 3 aromatic rings. The number of carbonyl (C=O) groups is 1. The number of nitrogens with zero attached hydrogens (tertiary/aromatic N) is 2. The summed E-state index contributed by atoms with van der Waals surface area (Å²) in [5, 5.41) is 3.10. The highest BCUT2D eigenvalue weighted by Crippen LogP contribution is 2.26. The van der Waals surface area contributed by atoms with Crippen molar-refractivity contribution in [3.63, 3.8) is 0 Å². The molecule has 1 heterocycles. The van der Waals surface area contributed by atoms with E-state index < -0.39 is 0 Å². The van der Waals surface area contributed by atoms with Crippen molar-refractivity contribution in [2.45, 2.75) is 45.8 Å². The third-order valence-corrected chi connectivity index (χ3v) is 5.02. The Kier molecular flexibility index (Phi) is 9.14. The van der Waals surface area contributed by atoms with E-state index in [4.69, 9.17) is 10.7 Å². The van der Waals surface area contributed by atoms with Gasteiger partial charge in [-0.1, -0.05) is 49.4 Å². The first-order chi connectivity index (χ1) is 12.9. The van der Waals surface area contributed by atoms with E-state index in [0.29, 0.717) is 0 Å². The number of nitrogens with one attached hydrogen (secondary N) is 1. The molecule has 2 aromatic carbocycles. The summed E-state index contributed by atoms with van der Waals surface area (Å²) in [6, 6.07) is 17.5. The quantitative estimate of drug-likeness (QED) is 0.572. The van der Waals surface area contributed by atoms with Crippen LogP contribution in [0.2, 0.25) is 0 Å². The Morgan fingerprint density at radius 1 is 0.966 bits per heavy atom. The van der Waals surface area contributed by atoms with Gasteiger partial charge >= 0.3 is 0 Å². The number of amides is 1. The lowest BCUT2D eigenvalue weighted by Crippen LogP contribution is -2.37. The van der Waals surface area contributed by atoms with Gasteiger partial charge in [0.15, 0.2) is 0 Å². The molecular weight excluding hydrogens is 407 g/mol. The van der Waals surface area contributed by atoms with Crippen LogP contribution in [0.25, 0.3) is 11.0 Å². The lowest BCUT2D eigenvalue weighted by atomic mass is 9.94. The summed E-state index contributed by atoms with van der Waals surface area (Å²) in [4.78, 5) is 17.6. The number of para-hydroxylation sites is 2. The lowest BCUT2D eigenvalue weighted by molar-refractivity contribution is -0.125. The highest BCUT2D eigenvalue weighted by Gasteiger charge is 2.26. The first kappa shape index (κ1) is 25.0. The van der Waals surface area contributed by atoms with Gasteiger partial charge in [0.25, 0.3) is 0 Å². The van der Waals surface area contributed by atoms with Crippen LogP contribution in [-0.2, 0) is 4.79 Å². The molecule has 3 unspecified atom stereocenters. The molecule has 0 bridgehead atoms. The van der Waals surface area contributed by atoms with Crippen molar-refractivity contribution < 1.29 is 4.79 Å². The van der Waals surface area contributed by atoms with Crippen molar-refractivity contribution in [2.24, 2.45) is 11.7 Å². The minimum atomic E-state index is -0.345. The molecule has 29 heavy (non-hydrogen) atoms. The number of carbonyl (C=O) groups excluding carboxylic acids is 1. The van der Waals surface area contributed by atoms with E-state index in [2.05, 4.69) is 29.8 Å². The van der Waals surface area contributed by atoms with Gasteiger partial charge in [-0.25, -0.2) is 4.98 Å². The molecule has 5 nitrogen and oxygen atoms in total. The predicted octanol–water partition coefficient (Wildman–Crippen LogP) is 4.97. The molecule has 3 N–H and O–H groups in total. The summed E-state index contributed by atoms with van der Waals surface area (Å²) >= 11 is 0. The summed E-state index contributed by atoms with van der Waals surface area (Å²) in [6.07, 6.45) is 0. The molecule has 0 saturated heterocycles. The predicted molar refractivity (Wildman–Crippen MR) is 124 cm³/mol. The van der Waals surface area contributed by atoms with Crippen LogP contribution < -0.4 is 11.1 Å². The van der Waals surface area contributed by atoms with E-state index in [9.17, 15) is 4.79 Å². The van der Waals surface area contributed by atoms with E-state index >= 15 is 0 Å². The topological polar surface area (TPSA) is 72.9 Å². The fraction of sp³-hybridized carbons (Fsp3) is 0.364. The molecule has 0 aliphatic carbocycles. The highest BCUT2D eigenvalue weighted by molar-refractivity contribution is 5.85. The molecule has 0 aliphatic rings.